The van der Waals surface area contributed by atoms with Gasteiger partial charge in [-0.25, -0.2) is 4.79 Å². The molecule has 1 aliphatic rings. The van der Waals surface area contributed by atoms with Crippen molar-refractivity contribution in [3.8, 4) is 0 Å². The van der Waals surface area contributed by atoms with Crippen LogP contribution in [0.25, 0.3) is 0 Å². The largest absolute Gasteiger partial charge is 0.467 e. The predicted octanol–water partition coefficient (Wildman–Crippen LogP) is 1.12. The van der Waals surface area contributed by atoms with Gasteiger partial charge in [-0.2, -0.15) is 0 Å². The molecule has 0 unspecified atom stereocenters. The zero-order valence-electron chi connectivity index (χ0n) is 13.9. The molecule has 3 amide bonds. The van der Waals surface area contributed by atoms with E-state index in [-0.39, 0.29) is 17.7 Å². The number of nitrogens with one attached hydrogen (secondary N) is 1. The number of esters is 1. The molecule has 8 heteroatoms. The molecule has 0 spiro atoms. The molecule has 3 rings (SSSR count). The Labute approximate surface area is 148 Å². The third kappa shape index (κ3) is 3.34. The molecule has 8 nitrogen and oxygen atoms in total. The van der Waals surface area contributed by atoms with Crippen LogP contribution in [0, 0.1) is 0 Å². The van der Waals surface area contributed by atoms with Gasteiger partial charge in [0.25, 0.3) is 17.7 Å². The van der Waals surface area contributed by atoms with Crippen molar-refractivity contribution in [3.63, 3.8) is 0 Å². The predicted molar refractivity (Wildman–Crippen MR) is 87.9 cm³/mol. The van der Waals surface area contributed by atoms with Gasteiger partial charge in [-0.3, -0.25) is 19.3 Å². The molecule has 1 atom stereocenters. The summed E-state index contributed by atoms with van der Waals surface area (Å²) in [5.41, 5.74) is 0.488. The first kappa shape index (κ1) is 17.4. The highest BCUT2D eigenvalue weighted by molar-refractivity contribution is 6.22. The number of fused-ring (bicyclic) bond motifs is 1. The first-order chi connectivity index (χ1) is 12.5. The molecule has 1 aromatic carbocycles. The fourth-order valence-corrected chi connectivity index (χ4v) is 2.57. The molecule has 26 heavy (non-hydrogen) atoms. The molecular formula is C18H16N2O6. The highest BCUT2D eigenvalue weighted by Crippen LogP contribution is 2.24. The van der Waals surface area contributed by atoms with Gasteiger partial charge < -0.3 is 14.5 Å². The first-order valence-corrected chi connectivity index (χ1v) is 7.91. The van der Waals surface area contributed by atoms with Gasteiger partial charge in [0, 0.05) is 0 Å². The normalized spacial score (nSPS) is 14.1. The minimum atomic E-state index is -1.14. The second-order valence-electron chi connectivity index (χ2n) is 5.67. The number of carbonyl (C=O) groups is 4. The second-order valence-corrected chi connectivity index (χ2v) is 5.67. The van der Waals surface area contributed by atoms with Crippen molar-refractivity contribution in [1.29, 1.82) is 0 Å². The van der Waals surface area contributed by atoms with Crippen molar-refractivity contribution < 1.29 is 28.3 Å². The van der Waals surface area contributed by atoms with Crippen LogP contribution < -0.4 is 5.32 Å². The van der Waals surface area contributed by atoms with Gasteiger partial charge in [0.1, 0.15) is 11.8 Å². The van der Waals surface area contributed by atoms with E-state index < -0.39 is 36.3 Å². The lowest BCUT2D eigenvalue weighted by molar-refractivity contribution is -0.151. The molecule has 1 N–H and O–H groups in total. The summed E-state index contributed by atoms with van der Waals surface area (Å²) in [6.07, 6.45) is 1.48. The van der Waals surface area contributed by atoms with Crippen molar-refractivity contribution in [1.82, 2.24) is 10.2 Å². The highest BCUT2D eigenvalue weighted by atomic mass is 16.5. The van der Waals surface area contributed by atoms with Crippen LogP contribution in [-0.4, -0.2) is 41.2 Å². The van der Waals surface area contributed by atoms with Crippen LogP contribution in [-0.2, 0) is 20.9 Å². The number of imide groups is 1. The molecule has 2 heterocycles. The first-order valence-electron chi connectivity index (χ1n) is 7.91. The number of furan rings is 1. The van der Waals surface area contributed by atoms with Crippen LogP contribution in [0.2, 0.25) is 0 Å². The van der Waals surface area contributed by atoms with Crippen molar-refractivity contribution in [2.24, 2.45) is 0 Å². The SMILES string of the molecule is C[C@H](C(=O)OCC(=O)NCc1ccco1)N1C(=O)c2ccccc2C1=O. The van der Waals surface area contributed by atoms with Gasteiger partial charge in [0.2, 0.25) is 0 Å². The molecule has 0 radical (unpaired) electrons. The third-order valence-electron chi connectivity index (χ3n) is 3.94. The van der Waals surface area contributed by atoms with Crippen molar-refractivity contribution in [3.05, 3.63) is 59.5 Å². The molecule has 2 aromatic rings. The summed E-state index contributed by atoms with van der Waals surface area (Å²) in [5, 5.41) is 2.52. The van der Waals surface area contributed by atoms with Gasteiger partial charge in [-0.15, -0.1) is 0 Å². The number of ether oxygens (including phenoxy) is 1. The Balaban J connectivity index is 1.54. The van der Waals surface area contributed by atoms with Crippen LogP contribution >= 0.6 is 0 Å². The number of hydrogen-bond donors (Lipinski definition) is 1. The fraction of sp³-hybridized carbons (Fsp3) is 0.222. The van der Waals surface area contributed by atoms with Gasteiger partial charge in [0.05, 0.1) is 23.9 Å². The summed E-state index contributed by atoms with van der Waals surface area (Å²) in [5.74, 6) is -1.92. The maximum Gasteiger partial charge on any atom is 0.329 e. The topological polar surface area (TPSA) is 106 Å². The minimum Gasteiger partial charge on any atom is -0.467 e. The van der Waals surface area contributed by atoms with Crippen LogP contribution in [0.1, 0.15) is 33.4 Å². The van der Waals surface area contributed by atoms with E-state index in [0.29, 0.717) is 5.76 Å². The third-order valence-corrected chi connectivity index (χ3v) is 3.94. The van der Waals surface area contributed by atoms with Crippen LogP contribution in [0.3, 0.4) is 0 Å². The summed E-state index contributed by atoms with van der Waals surface area (Å²) in [7, 11) is 0. The Morgan fingerprint density at radius 3 is 2.35 bits per heavy atom. The van der Waals surface area contributed by atoms with E-state index in [0.717, 1.165) is 4.90 Å². The molecule has 0 aliphatic carbocycles. The summed E-state index contributed by atoms with van der Waals surface area (Å²) >= 11 is 0. The zero-order chi connectivity index (χ0) is 18.7. The van der Waals surface area contributed by atoms with Gasteiger partial charge in [-0.1, -0.05) is 12.1 Å². The quantitative estimate of drug-likeness (QED) is 0.614. The maximum absolute atomic E-state index is 12.3. The van der Waals surface area contributed by atoms with E-state index in [2.05, 4.69) is 5.32 Å². The molecule has 0 saturated heterocycles. The second kappa shape index (κ2) is 7.22. The molecule has 134 valence electrons. The molecule has 0 saturated carbocycles. The van der Waals surface area contributed by atoms with Crippen LogP contribution in [0.5, 0.6) is 0 Å². The molecule has 0 fully saturated rings. The molecular weight excluding hydrogens is 340 g/mol. The van der Waals surface area contributed by atoms with Crippen molar-refractivity contribution >= 4 is 23.7 Å². The number of carbonyl (C=O) groups excluding carboxylic acids is 4. The summed E-state index contributed by atoms with van der Waals surface area (Å²) in [6, 6.07) is 8.56. The molecule has 1 aliphatic heterocycles. The van der Waals surface area contributed by atoms with E-state index in [1.54, 1.807) is 24.3 Å². The number of benzene rings is 1. The lowest BCUT2D eigenvalue weighted by atomic mass is 10.1. The number of hydrogen-bond acceptors (Lipinski definition) is 6. The Kier molecular flexibility index (Phi) is 4.83. The number of rotatable bonds is 6. The molecule has 0 bridgehead atoms. The van der Waals surface area contributed by atoms with Gasteiger partial charge in [-0.05, 0) is 31.2 Å². The fourth-order valence-electron chi connectivity index (χ4n) is 2.57. The van der Waals surface area contributed by atoms with Gasteiger partial charge >= 0.3 is 5.97 Å². The van der Waals surface area contributed by atoms with Crippen molar-refractivity contribution in [2.45, 2.75) is 19.5 Å². The average molecular weight is 356 g/mol. The Morgan fingerprint density at radius 1 is 1.12 bits per heavy atom. The zero-order valence-corrected chi connectivity index (χ0v) is 13.9. The molecule has 1 aromatic heterocycles. The van der Waals surface area contributed by atoms with Gasteiger partial charge in [0.15, 0.2) is 6.61 Å². The maximum atomic E-state index is 12.3. The Morgan fingerprint density at radius 2 is 1.77 bits per heavy atom. The summed E-state index contributed by atoms with van der Waals surface area (Å²) in [4.78, 5) is 49.4. The summed E-state index contributed by atoms with van der Waals surface area (Å²) in [6.45, 7) is 1.02. The monoisotopic (exact) mass is 356 g/mol. The number of amides is 3. The van der Waals surface area contributed by atoms with E-state index in [9.17, 15) is 19.2 Å². The average Bonchev–Trinajstić information content (AvgIpc) is 3.25. The minimum absolute atomic E-state index is 0.164. The van der Waals surface area contributed by atoms with E-state index in [4.69, 9.17) is 9.15 Å². The van der Waals surface area contributed by atoms with E-state index in [1.807, 2.05) is 0 Å². The van der Waals surface area contributed by atoms with E-state index in [1.165, 1.54) is 25.3 Å². The lowest BCUT2D eigenvalue weighted by Gasteiger charge is -2.20. The number of nitrogens with zero attached hydrogens (tertiary/aromatic N) is 1. The Bertz CT molecular complexity index is 823. The van der Waals surface area contributed by atoms with Crippen molar-refractivity contribution in [2.75, 3.05) is 6.61 Å². The highest BCUT2D eigenvalue weighted by Gasteiger charge is 2.41. The smallest absolute Gasteiger partial charge is 0.329 e. The van der Waals surface area contributed by atoms with Crippen LogP contribution in [0.15, 0.2) is 47.1 Å². The lowest BCUT2D eigenvalue weighted by Crippen LogP contribution is -2.44. The van der Waals surface area contributed by atoms with Crippen LogP contribution in [0.4, 0.5) is 0 Å². The summed E-state index contributed by atoms with van der Waals surface area (Å²) < 4.78 is 9.98. The Hall–Kier alpha value is -3.42. The van der Waals surface area contributed by atoms with E-state index >= 15 is 0 Å². The standard InChI is InChI=1S/C18H16N2O6/c1-11(20-16(22)13-6-2-3-7-14(13)17(20)23)18(24)26-10-15(21)19-9-12-5-4-8-25-12/h2-8,11H,9-10H2,1H3,(H,19,21)/t11-/m1/s1.